The number of rotatable bonds is 5. The number of carbonyl (C=O) groups is 1. The third-order valence-electron chi connectivity index (χ3n) is 3.09. The molecule has 1 aromatic carbocycles. The number of benzene rings is 1. The molecule has 0 unspecified atom stereocenters. The van der Waals surface area contributed by atoms with E-state index in [9.17, 15) is 4.79 Å². The van der Waals surface area contributed by atoms with Crippen molar-refractivity contribution in [1.82, 2.24) is 4.90 Å². The van der Waals surface area contributed by atoms with E-state index in [4.69, 9.17) is 0 Å². The summed E-state index contributed by atoms with van der Waals surface area (Å²) in [7, 11) is 1.82. The average molecular weight is 262 g/mol. The molecule has 0 spiro atoms. The van der Waals surface area contributed by atoms with Crippen molar-refractivity contribution in [3.63, 3.8) is 0 Å². The van der Waals surface area contributed by atoms with Crippen LogP contribution in [0, 0.1) is 5.41 Å². The minimum Gasteiger partial charge on any atom is -0.385 e. The predicted molar refractivity (Wildman–Crippen MR) is 81.2 cm³/mol. The Morgan fingerprint density at radius 1 is 1.32 bits per heavy atom. The van der Waals surface area contributed by atoms with Crippen LogP contribution in [0.15, 0.2) is 24.3 Å². The zero-order valence-corrected chi connectivity index (χ0v) is 12.8. The van der Waals surface area contributed by atoms with Gasteiger partial charge < -0.3 is 10.2 Å². The highest BCUT2D eigenvalue weighted by Crippen LogP contribution is 2.19. The second kappa shape index (κ2) is 6.60. The summed E-state index contributed by atoms with van der Waals surface area (Å²) in [5.74, 6) is 0.0890. The van der Waals surface area contributed by atoms with Gasteiger partial charge >= 0.3 is 0 Å². The molecule has 0 aromatic heterocycles. The standard InChI is InChI=1S/C16H26N2O/c1-13(19)18(5)12-14-7-6-8-15(11-14)17-10-9-16(2,3)4/h6-8,11,17H,9-10,12H2,1-5H3. The van der Waals surface area contributed by atoms with Crippen molar-refractivity contribution < 1.29 is 4.79 Å². The van der Waals surface area contributed by atoms with Gasteiger partial charge in [0.2, 0.25) is 5.91 Å². The monoisotopic (exact) mass is 262 g/mol. The summed E-state index contributed by atoms with van der Waals surface area (Å²) in [6.07, 6.45) is 1.13. The Morgan fingerprint density at radius 2 is 2.00 bits per heavy atom. The quantitative estimate of drug-likeness (QED) is 0.880. The number of anilines is 1. The third-order valence-corrected chi connectivity index (χ3v) is 3.09. The van der Waals surface area contributed by atoms with E-state index in [-0.39, 0.29) is 5.91 Å². The Bertz CT molecular complexity index is 421. The van der Waals surface area contributed by atoms with Crippen LogP contribution in [0.25, 0.3) is 0 Å². The number of carbonyl (C=O) groups excluding carboxylic acids is 1. The van der Waals surface area contributed by atoms with Gasteiger partial charge in [-0.1, -0.05) is 32.9 Å². The van der Waals surface area contributed by atoms with Gasteiger partial charge in [-0.15, -0.1) is 0 Å². The Morgan fingerprint density at radius 3 is 2.58 bits per heavy atom. The second-order valence-electron chi connectivity index (χ2n) is 6.31. The van der Waals surface area contributed by atoms with Gasteiger partial charge in [0.05, 0.1) is 0 Å². The molecule has 0 bridgehead atoms. The van der Waals surface area contributed by atoms with Crippen molar-refractivity contribution in [2.45, 2.75) is 40.7 Å². The number of hydrogen-bond donors (Lipinski definition) is 1. The molecule has 1 aromatic rings. The second-order valence-corrected chi connectivity index (χ2v) is 6.31. The molecule has 1 rings (SSSR count). The molecule has 0 radical (unpaired) electrons. The first kappa shape index (κ1) is 15.5. The smallest absolute Gasteiger partial charge is 0.219 e. The van der Waals surface area contributed by atoms with Crippen molar-refractivity contribution in [2.75, 3.05) is 18.9 Å². The van der Waals surface area contributed by atoms with Gasteiger partial charge in [-0.3, -0.25) is 4.79 Å². The number of amides is 1. The van der Waals surface area contributed by atoms with E-state index in [1.165, 1.54) is 0 Å². The average Bonchev–Trinajstić information content (AvgIpc) is 2.27. The van der Waals surface area contributed by atoms with Crippen LogP contribution in [-0.4, -0.2) is 24.4 Å². The largest absolute Gasteiger partial charge is 0.385 e. The minimum absolute atomic E-state index is 0.0890. The molecule has 19 heavy (non-hydrogen) atoms. The molecule has 0 heterocycles. The fraction of sp³-hybridized carbons (Fsp3) is 0.562. The first-order chi connectivity index (χ1) is 8.78. The van der Waals surface area contributed by atoms with Crippen LogP contribution in [-0.2, 0) is 11.3 Å². The Balaban J connectivity index is 2.55. The van der Waals surface area contributed by atoms with Gasteiger partial charge in [0.25, 0.3) is 0 Å². The molecule has 0 aliphatic heterocycles. The van der Waals surface area contributed by atoms with E-state index >= 15 is 0 Å². The topological polar surface area (TPSA) is 32.3 Å². The van der Waals surface area contributed by atoms with E-state index in [0.717, 1.165) is 24.2 Å². The van der Waals surface area contributed by atoms with Gasteiger partial charge in [-0.25, -0.2) is 0 Å². The number of nitrogens with one attached hydrogen (secondary N) is 1. The summed E-state index contributed by atoms with van der Waals surface area (Å²) in [6.45, 7) is 9.94. The molecule has 3 heteroatoms. The molecule has 1 N–H and O–H groups in total. The summed E-state index contributed by atoms with van der Waals surface area (Å²) in [6, 6.07) is 8.26. The lowest BCUT2D eigenvalue weighted by Crippen LogP contribution is -2.23. The molecule has 0 saturated heterocycles. The van der Waals surface area contributed by atoms with Gasteiger partial charge in [-0.05, 0) is 29.5 Å². The molecule has 0 aliphatic carbocycles. The SMILES string of the molecule is CC(=O)N(C)Cc1cccc(NCCC(C)(C)C)c1. The molecule has 3 nitrogen and oxygen atoms in total. The highest BCUT2D eigenvalue weighted by Gasteiger charge is 2.09. The normalized spacial score (nSPS) is 11.2. The van der Waals surface area contributed by atoms with Crippen LogP contribution < -0.4 is 5.32 Å². The molecule has 0 aliphatic rings. The van der Waals surface area contributed by atoms with Crippen LogP contribution in [0.5, 0.6) is 0 Å². The maximum Gasteiger partial charge on any atom is 0.219 e. The summed E-state index contributed by atoms with van der Waals surface area (Å²) in [4.78, 5) is 12.9. The van der Waals surface area contributed by atoms with Crippen molar-refractivity contribution in [2.24, 2.45) is 5.41 Å². The van der Waals surface area contributed by atoms with Crippen molar-refractivity contribution >= 4 is 11.6 Å². The van der Waals surface area contributed by atoms with Crippen LogP contribution in [0.2, 0.25) is 0 Å². The van der Waals surface area contributed by atoms with E-state index in [1.807, 2.05) is 19.2 Å². The summed E-state index contributed by atoms with van der Waals surface area (Å²) < 4.78 is 0. The van der Waals surface area contributed by atoms with E-state index < -0.39 is 0 Å². The first-order valence-corrected chi connectivity index (χ1v) is 6.82. The molecule has 0 atom stereocenters. The number of hydrogen-bond acceptors (Lipinski definition) is 2. The van der Waals surface area contributed by atoms with Crippen LogP contribution >= 0.6 is 0 Å². The zero-order chi connectivity index (χ0) is 14.5. The van der Waals surface area contributed by atoms with Gasteiger partial charge in [0.15, 0.2) is 0 Å². The minimum atomic E-state index is 0.0890. The Hall–Kier alpha value is -1.51. The van der Waals surface area contributed by atoms with Gasteiger partial charge in [-0.2, -0.15) is 0 Å². The predicted octanol–water partition coefficient (Wildman–Crippen LogP) is 3.51. The molecular weight excluding hydrogens is 236 g/mol. The molecule has 0 saturated carbocycles. The lowest BCUT2D eigenvalue weighted by molar-refractivity contribution is -0.128. The van der Waals surface area contributed by atoms with E-state index in [1.54, 1.807) is 11.8 Å². The van der Waals surface area contributed by atoms with Crippen LogP contribution in [0.4, 0.5) is 5.69 Å². The zero-order valence-electron chi connectivity index (χ0n) is 12.8. The molecule has 106 valence electrons. The van der Waals surface area contributed by atoms with Gasteiger partial charge in [0, 0.05) is 32.7 Å². The Kier molecular flexibility index (Phi) is 5.40. The summed E-state index contributed by atoms with van der Waals surface area (Å²) >= 11 is 0. The highest BCUT2D eigenvalue weighted by molar-refractivity contribution is 5.72. The van der Waals surface area contributed by atoms with Crippen molar-refractivity contribution in [3.05, 3.63) is 29.8 Å². The highest BCUT2D eigenvalue weighted by atomic mass is 16.2. The van der Waals surface area contributed by atoms with E-state index in [0.29, 0.717) is 12.0 Å². The maximum absolute atomic E-state index is 11.2. The molecular formula is C16H26N2O. The molecule has 1 amide bonds. The lowest BCUT2D eigenvalue weighted by Gasteiger charge is -2.19. The van der Waals surface area contributed by atoms with Crippen LogP contribution in [0.3, 0.4) is 0 Å². The fourth-order valence-electron chi connectivity index (χ4n) is 1.75. The fourth-order valence-corrected chi connectivity index (χ4v) is 1.75. The first-order valence-electron chi connectivity index (χ1n) is 6.82. The molecule has 0 fully saturated rings. The third kappa shape index (κ3) is 6.27. The Labute approximate surface area is 117 Å². The summed E-state index contributed by atoms with van der Waals surface area (Å²) in [5.41, 5.74) is 2.62. The maximum atomic E-state index is 11.2. The van der Waals surface area contributed by atoms with Crippen molar-refractivity contribution in [3.8, 4) is 0 Å². The van der Waals surface area contributed by atoms with Gasteiger partial charge in [0.1, 0.15) is 0 Å². The van der Waals surface area contributed by atoms with Crippen LogP contribution in [0.1, 0.15) is 39.7 Å². The lowest BCUT2D eigenvalue weighted by atomic mass is 9.92. The number of nitrogens with zero attached hydrogens (tertiary/aromatic N) is 1. The summed E-state index contributed by atoms with van der Waals surface area (Å²) in [5, 5.41) is 3.44. The van der Waals surface area contributed by atoms with E-state index in [2.05, 4.69) is 38.2 Å². The van der Waals surface area contributed by atoms with Crippen molar-refractivity contribution in [1.29, 1.82) is 0 Å².